The lowest BCUT2D eigenvalue weighted by molar-refractivity contribution is 0.402. The van der Waals surface area contributed by atoms with E-state index >= 15 is 0 Å². The molecule has 0 unspecified atom stereocenters. The number of nitrogens with zero attached hydrogens (tertiary/aromatic N) is 1. The number of rotatable bonds is 7. The van der Waals surface area contributed by atoms with Crippen LogP contribution in [0.2, 0.25) is 0 Å². The number of ether oxygens (including phenoxy) is 1. The number of nitrogen functional groups attached to an aromatic ring is 1. The summed E-state index contributed by atoms with van der Waals surface area (Å²) in [5, 5.41) is 2.41. The van der Waals surface area contributed by atoms with Gasteiger partial charge in [0.15, 0.2) is 5.13 Å². The van der Waals surface area contributed by atoms with Gasteiger partial charge in [0.25, 0.3) is 0 Å². The number of thiazole rings is 1. The molecule has 0 spiro atoms. The molecule has 6 nitrogen and oxygen atoms in total. The summed E-state index contributed by atoms with van der Waals surface area (Å²) in [5.74, 6) is 0.347. The van der Waals surface area contributed by atoms with E-state index in [1.165, 1.54) is 18.4 Å². The number of methoxy groups -OCH3 is 1. The van der Waals surface area contributed by atoms with Crippen molar-refractivity contribution in [2.45, 2.75) is 24.7 Å². The summed E-state index contributed by atoms with van der Waals surface area (Å²) >= 11 is 1.38. The van der Waals surface area contributed by atoms with E-state index in [1.54, 1.807) is 18.2 Å². The first-order chi connectivity index (χ1) is 10.4. The maximum absolute atomic E-state index is 12.3. The van der Waals surface area contributed by atoms with Gasteiger partial charge >= 0.3 is 0 Å². The number of benzene rings is 1. The minimum absolute atomic E-state index is 0.151. The van der Waals surface area contributed by atoms with Crippen molar-refractivity contribution in [1.82, 2.24) is 9.71 Å². The maximum atomic E-state index is 12.3. The second kappa shape index (κ2) is 7.08. The van der Waals surface area contributed by atoms with Crippen molar-refractivity contribution in [3.63, 3.8) is 0 Å². The van der Waals surface area contributed by atoms with Crippen LogP contribution in [0.15, 0.2) is 28.5 Å². The van der Waals surface area contributed by atoms with Crippen LogP contribution in [-0.4, -0.2) is 27.1 Å². The molecule has 0 saturated heterocycles. The van der Waals surface area contributed by atoms with Crippen LogP contribution < -0.4 is 15.2 Å². The SMILES string of the molecule is COc1cc(C)ccc1S(=O)(=O)NCCCc1csc(N)n1. The van der Waals surface area contributed by atoms with Crippen LogP contribution in [0.1, 0.15) is 17.7 Å². The van der Waals surface area contributed by atoms with Gasteiger partial charge in [-0.3, -0.25) is 0 Å². The first kappa shape index (κ1) is 16.7. The van der Waals surface area contributed by atoms with Crippen molar-refractivity contribution in [2.24, 2.45) is 0 Å². The van der Waals surface area contributed by atoms with Crippen LogP contribution in [0.5, 0.6) is 5.75 Å². The molecule has 8 heteroatoms. The highest BCUT2D eigenvalue weighted by Gasteiger charge is 2.18. The Hall–Kier alpha value is -1.64. The third-order valence-corrected chi connectivity index (χ3v) is 5.30. The zero-order valence-corrected chi connectivity index (χ0v) is 14.1. The Morgan fingerprint density at radius 1 is 1.41 bits per heavy atom. The number of aryl methyl sites for hydroxylation is 2. The zero-order chi connectivity index (χ0) is 16.2. The van der Waals surface area contributed by atoms with E-state index in [4.69, 9.17) is 10.5 Å². The van der Waals surface area contributed by atoms with Crippen LogP contribution in [0.4, 0.5) is 5.13 Å². The van der Waals surface area contributed by atoms with Crippen molar-refractivity contribution in [1.29, 1.82) is 0 Å². The van der Waals surface area contributed by atoms with E-state index in [9.17, 15) is 8.42 Å². The van der Waals surface area contributed by atoms with Crippen molar-refractivity contribution >= 4 is 26.5 Å². The highest BCUT2D eigenvalue weighted by Crippen LogP contribution is 2.24. The normalized spacial score (nSPS) is 11.5. The van der Waals surface area contributed by atoms with E-state index < -0.39 is 10.0 Å². The van der Waals surface area contributed by atoms with Crippen molar-refractivity contribution in [3.05, 3.63) is 34.8 Å². The number of hydrogen-bond donors (Lipinski definition) is 2. The van der Waals surface area contributed by atoms with E-state index in [-0.39, 0.29) is 4.90 Å². The van der Waals surface area contributed by atoms with E-state index in [2.05, 4.69) is 9.71 Å². The van der Waals surface area contributed by atoms with Gasteiger partial charge in [-0.15, -0.1) is 11.3 Å². The molecule has 120 valence electrons. The molecule has 0 bridgehead atoms. The second-order valence-corrected chi connectivity index (χ2v) is 7.46. The largest absolute Gasteiger partial charge is 0.495 e. The quantitative estimate of drug-likeness (QED) is 0.751. The minimum Gasteiger partial charge on any atom is -0.495 e. The molecule has 0 radical (unpaired) electrons. The van der Waals surface area contributed by atoms with Gasteiger partial charge in [-0.2, -0.15) is 0 Å². The summed E-state index contributed by atoms with van der Waals surface area (Å²) in [4.78, 5) is 4.29. The number of anilines is 1. The van der Waals surface area contributed by atoms with Gasteiger partial charge in [-0.25, -0.2) is 18.1 Å². The molecule has 2 aromatic rings. The number of aromatic nitrogens is 1. The minimum atomic E-state index is -3.59. The average Bonchev–Trinajstić information content (AvgIpc) is 2.89. The van der Waals surface area contributed by atoms with Gasteiger partial charge in [-0.1, -0.05) is 6.07 Å². The molecule has 1 aromatic heterocycles. The molecule has 0 aliphatic carbocycles. The number of hydrogen-bond acceptors (Lipinski definition) is 6. The molecular weight excluding hydrogens is 322 g/mol. The Balaban J connectivity index is 1.96. The van der Waals surface area contributed by atoms with Crippen LogP contribution >= 0.6 is 11.3 Å². The lowest BCUT2D eigenvalue weighted by Crippen LogP contribution is -2.25. The van der Waals surface area contributed by atoms with Crippen molar-refractivity contribution in [3.8, 4) is 5.75 Å². The summed E-state index contributed by atoms with van der Waals surface area (Å²) in [6.45, 7) is 2.21. The molecule has 1 heterocycles. The van der Waals surface area contributed by atoms with Crippen LogP contribution in [-0.2, 0) is 16.4 Å². The number of nitrogens with two attached hydrogens (primary N) is 1. The van der Waals surface area contributed by atoms with Gasteiger partial charge in [0, 0.05) is 11.9 Å². The van der Waals surface area contributed by atoms with Crippen LogP contribution in [0, 0.1) is 6.92 Å². The molecule has 1 aromatic carbocycles. The highest BCUT2D eigenvalue weighted by molar-refractivity contribution is 7.89. The van der Waals surface area contributed by atoms with Gasteiger partial charge in [-0.05, 0) is 37.5 Å². The highest BCUT2D eigenvalue weighted by atomic mass is 32.2. The topological polar surface area (TPSA) is 94.3 Å². The lowest BCUT2D eigenvalue weighted by Gasteiger charge is -2.11. The molecule has 0 amide bonds. The summed E-state index contributed by atoms with van der Waals surface area (Å²) in [5.41, 5.74) is 7.38. The molecular formula is C14H19N3O3S2. The van der Waals surface area contributed by atoms with Crippen molar-refractivity contribution < 1.29 is 13.2 Å². The summed E-state index contributed by atoms with van der Waals surface area (Å²) in [6, 6.07) is 5.00. The molecule has 0 fully saturated rings. The second-order valence-electron chi connectivity index (χ2n) is 4.83. The Labute approximate surface area is 134 Å². The summed E-state index contributed by atoms with van der Waals surface area (Å²) < 4.78 is 32.4. The molecule has 0 saturated carbocycles. The standard InChI is InChI=1S/C14H19N3O3S2/c1-10-5-6-13(12(8-10)20-2)22(18,19)16-7-3-4-11-9-21-14(15)17-11/h5-6,8-9,16H,3-4,7H2,1-2H3,(H2,15,17). The Kier molecular flexibility index (Phi) is 5.38. The summed E-state index contributed by atoms with van der Waals surface area (Å²) in [6.07, 6.45) is 1.33. The molecule has 3 N–H and O–H groups in total. The Bertz CT molecular complexity index is 742. The van der Waals surface area contributed by atoms with E-state index in [0.717, 1.165) is 11.3 Å². The maximum Gasteiger partial charge on any atom is 0.244 e. The van der Waals surface area contributed by atoms with E-state index in [1.807, 2.05) is 12.3 Å². The Morgan fingerprint density at radius 3 is 2.82 bits per heavy atom. The fourth-order valence-corrected chi connectivity index (χ4v) is 3.81. The molecule has 22 heavy (non-hydrogen) atoms. The third-order valence-electron chi connectivity index (χ3n) is 3.08. The first-order valence-corrected chi connectivity index (χ1v) is 9.13. The summed E-state index contributed by atoms with van der Waals surface area (Å²) in [7, 11) is -2.13. The van der Waals surface area contributed by atoms with Gasteiger partial charge in [0.1, 0.15) is 10.6 Å². The molecule has 2 rings (SSSR count). The van der Waals surface area contributed by atoms with Crippen molar-refractivity contribution in [2.75, 3.05) is 19.4 Å². The zero-order valence-electron chi connectivity index (χ0n) is 12.5. The molecule has 0 aliphatic rings. The predicted molar refractivity (Wildman–Crippen MR) is 87.8 cm³/mol. The predicted octanol–water partition coefficient (Wildman–Crippen LogP) is 1.95. The third kappa shape index (κ3) is 4.19. The van der Waals surface area contributed by atoms with Crippen LogP contribution in [0.3, 0.4) is 0 Å². The molecule has 0 atom stereocenters. The number of nitrogens with one attached hydrogen (secondary N) is 1. The van der Waals surface area contributed by atoms with Gasteiger partial charge in [0.05, 0.1) is 12.8 Å². The lowest BCUT2D eigenvalue weighted by atomic mass is 10.2. The smallest absolute Gasteiger partial charge is 0.244 e. The van der Waals surface area contributed by atoms with E-state index in [0.29, 0.717) is 30.3 Å². The average molecular weight is 341 g/mol. The van der Waals surface area contributed by atoms with Crippen LogP contribution in [0.25, 0.3) is 0 Å². The first-order valence-electron chi connectivity index (χ1n) is 6.76. The Morgan fingerprint density at radius 2 is 2.18 bits per heavy atom. The monoisotopic (exact) mass is 341 g/mol. The number of sulfonamides is 1. The van der Waals surface area contributed by atoms with Gasteiger partial charge < -0.3 is 10.5 Å². The fraction of sp³-hybridized carbons (Fsp3) is 0.357. The van der Waals surface area contributed by atoms with Gasteiger partial charge in [0.2, 0.25) is 10.0 Å². The fourth-order valence-electron chi connectivity index (χ4n) is 1.99. The molecule has 0 aliphatic heterocycles.